The van der Waals surface area contributed by atoms with Crippen LogP contribution >= 0.6 is 11.8 Å². The first-order valence-corrected chi connectivity index (χ1v) is 5.57. The average molecular weight is 202 g/mol. The van der Waals surface area contributed by atoms with Gasteiger partial charge in [-0.1, -0.05) is 11.8 Å². The number of ether oxygens (including phenoxy) is 1. The number of nitrogens with one attached hydrogen (secondary N) is 1. The van der Waals surface area contributed by atoms with Crippen LogP contribution in [0.25, 0.3) is 0 Å². The Morgan fingerprint density at radius 3 is 3.00 bits per heavy atom. The standard InChI is InChI=1S/C9H18N2OS/c1-9(2)4-7-13-8(11-9)10-5-6-12-3/h4-7H2,1-3H3,(H,10,11). The summed E-state index contributed by atoms with van der Waals surface area (Å²) in [5.41, 5.74) is 0.206. The maximum atomic E-state index is 4.94. The maximum Gasteiger partial charge on any atom is 0.157 e. The van der Waals surface area contributed by atoms with Gasteiger partial charge in [-0.25, -0.2) is 0 Å². The van der Waals surface area contributed by atoms with Crippen molar-refractivity contribution in [1.29, 1.82) is 0 Å². The summed E-state index contributed by atoms with van der Waals surface area (Å²) in [4.78, 5) is 4.41. The van der Waals surface area contributed by atoms with Gasteiger partial charge in [0.15, 0.2) is 5.17 Å². The quantitative estimate of drug-likeness (QED) is 0.704. The number of amidine groups is 1. The molecule has 3 nitrogen and oxygen atoms in total. The molecule has 1 saturated heterocycles. The minimum atomic E-state index is 0.206. The van der Waals surface area contributed by atoms with Gasteiger partial charge in [0.2, 0.25) is 0 Å². The van der Waals surface area contributed by atoms with E-state index in [1.807, 2.05) is 0 Å². The number of hydrogen-bond donors (Lipinski definition) is 1. The zero-order valence-electron chi connectivity index (χ0n) is 8.59. The Hall–Kier alpha value is -0.220. The highest BCUT2D eigenvalue weighted by Gasteiger charge is 2.23. The van der Waals surface area contributed by atoms with Crippen LogP contribution in [-0.4, -0.2) is 36.7 Å². The lowest BCUT2D eigenvalue weighted by atomic mass is 10.0. The predicted molar refractivity (Wildman–Crippen MR) is 58.5 cm³/mol. The number of nitrogens with zero attached hydrogens (tertiary/aromatic N) is 1. The highest BCUT2D eigenvalue weighted by Crippen LogP contribution is 2.21. The first-order chi connectivity index (χ1) is 6.14. The van der Waals surface area contributed by atoms with Crippen LogP contribution in [0.15, 0.2) is 4.99 Å². The molecule has 0 saturated carbocycles. The van der Waals surface area contributed by atoms with Crippen LogP contribution in [0.1, 0.15) is 20.3 Å². The fourth-order valence-corrected chi connectivity index (χ4v) is 2.45. The van der Waals surface area contributed by atoms with E-state index in [2.05, 4.69) is 24.2 Å². The molecule has 76 valence electrons. The summed E-state index contributed by atoms with van der Waals surface area (Å²) in [7, 11) is 1.70. The first-order valence-electron chi connectivity index (χ1n) is 4.58. The minimum absolute atomic E-state index is 0.206. The van der Waals surface area contributed by atoms with E-state index in [1.54, 1.807) is 18.9 Å². The Morgan fingerprint density at radius 2 is 2.38 bits per heavy atom. The Bertz CT molecular complexity index is 192. The van der Waals surface area contributed by atoms with E-state index in [9.17, 15) is 0 Å². The number of thioether (sulfide) groups is 1. The van der Waals surface area contributed by atoms with Crippen LogP contribution < -0.4 is 5.32 Å². The van der Waals surface area contributed by atoms with Crippen molar-refractivity contribution in [1.82, 2.24) is 5.32 Å². The van der Waals surface area contributed by atoms with Gasteiger partial charge < -0.3 is 10.1 Å². The summed E-state index contributed by atoms with van der Waals surface area (Å²) in [6, 6.07) is 0. The number of hydrogen-bond acceptors (Lipinski definition) is 3. The van der Waals surface area contributed by atoms with E-state index in [0.29, 0.717) is 6.61 Å². The molecule has 1 aliphatic rings. The van der Waals surface area contributed by atoms with Crippen LogP contribution in [-0.2, 0) is 4.74 Å². The van der Waals surface area contributed by atoms with E-state index in [0.717, 1.165) is 17.5 Å². The lowest BCUT2D eigenvalue weighted by Gasteiger charge is -2.32. The molecule has 1 aliphatic heterocycles. The van der Waals surface area contributed by atoms with E-state index in [1.165, 1.54) is 6.42 Å². The van der Waals surface area contributed by atoms with Crippen molar-refractivity contribution in [2.24, 2.45) is 4.99 Å². The molecule has 0 amide bonds. The monoisotopic (exact) mass is 202 g/mol. The Labute approximate surface area is 84.3 Å². The van der Waals surface area contributed by atoms with Gasteiger partial charge in [0.25, 0.3) is 0 Å². The molecule has 0 aromatic heterocycles. The third-order valence-corrected chi connectivity index (χ3v) is 2.87. The minimum Gasteiger partial charge on any atom is -0.383 e. The highest BCUT2D eigenvalue weighted by atomic mass is 32.2. The zero-order valence-corrected chi connectivity index (χ0v) is 9.41. The normalized spacial score (nSPS) is 24.4. The van der Waals surface area contributed by atoms with Crippen LogP contribution in [0.4, 0.5) is 0 Å². The van der Waals surface area contributed by atoms with Gasteiger partial charge in [0.05, 0.1) is 13.2 Å². The lowest BCUT2D eigenvalue weighted by molar-refractivity contribution is 0.208. The van der Waals surface area contributed by atoms with Crippen molar-refractivity contribution in [3.63, 3.8) is 0 Å². The van der Waals surface area contributed by atoms with Gasteiger partial charge >= 0.3 is 0 Å². The van der Waals surface area contributed by atoms with Crippen LogP contribution in [0.5, 0.6) is 0 Å². The number of methoxy groups -OCH3 is 1. The molecule has 0 radical (unpaired) electrons. The maximum absolute atomic E-state index is 4.94. The second kappa shape index (κ2) is 4.86. The third kappa shape index (κ3) is 4.00. The van der Waals surface area contributed by atoms with E-state index in [4.69, 9.17) is 4.74 Å². The molecule has 1 fully saturated rings. The lowest BCUT2D eigenvalue weighted by Crippen LogP contribution is -2.46. The summed E-state index contributed by atoms with van der Waals surface area (Å²) in [5.74, 6) is 1.16. The van der Waals surface area contributed by atoms with Crippen molar-refractivity contribution >= 4 is 16.9 Å². The molecule has 0 bridgehead atoms. The Morgan fingerprint density at radius 1 is 1.62 bits per heavy atom. The van der Waals surface area contributed by atoms with Crippen LogP contribution in [0, 0.1) is 0 Å². The fourth-order valence-electron chi connectivity index (χ4n) is 1.11. The average Bonchev–Trinajstić information content (AvgIpc) is 2.03. The predicted octanol–water partition coefficient (Wildman–Crippen LogP) is 1.49. The second-order valence-electron chi connectivity index (χ2n) is 3.79. The van der Waals surface area contributed by atoms with Crippen LogP contribution in [0.3, 0.4) is 0 Å². The first kappa shape index (κ1) is 10.9. The largest absolute Gasteiger partial charge is 0.383 e. The highest BCUT2D eigenvalue weighted by molar-refractivity contribution is 8.13. The summed E-state index contributed by atoms with van der Waals surface area (Å²) in [6.07, 6.45) is 1.20. The summed E-state index contributed by atoms with van der Waals surface area (Å²) >= 11 is 1.80. The number of rotatable bonds is 3. The van der Waals surface area contributed by atoms with Gasteiger partial charge in [-0.3, -0.25) is 4.99 Å². The molecule has 13 heavy (non-hydrogen) atoms. The van der Waals surface area contributed by atoms with E-state index < -0.39 is 0 Å². The molecule has 0 aromatic rings. The molecule has 0 atom stereocenters. The molecular weight excluding hydrogens is 184 g/mol. The van der Waals surface area contributed by atoms with Crippen molar-refractivity contribution in [2.75, 3.05) is 26.0 Å². The van der Waals surface area contributed by atoms with Gasteiger partial charge in [-0.15, -0.1) is 0 Å². The molecule has 0 aromatic carbocycles. The summed E-state index contributed by atoms with van der Waals surface area (Å²) in [6.45, 7) is 5.87. The molecule has 1 rings (SSSR count). The molecule has 1 N–H and O–H groups in total. The SMILES string of the molecule is COCCN=C1NC(C)(C)CCS1. The fraction of sp³-hybridized carbons (Fsp3) is 0.889. The molecule has 1 heterocycles. The number of aliphatic imine (C=N–C) groups is 1. The molecule has 0 aliphatic carbocycles. The van der Waals surface area contributed by atoms with Gasteiger partial charge in [0, 0.05) is 18.4 Å². The molecule has 0 spiro atoms. The smallest absolute Gasteiger partial charge is 0.157 e. The summed E-state index contributed by atoms with van der Waals surface area (Å²) < 4.78 is 4.94. The van der Waals surface area contributed by atoms with Gasteiger partial charge in [-0.05, 0) is 20.3 Å². The second-order valence-corrected chi connectivity index (χ2v) is 4.87. The zero-order chi connectivity index (χ0) is 9.73. The summed E-state index contributed by atoms with van der Waals surface area (Å²) in [5, 5.41) is 4.47. The van der Waals surface area contributed by atoms with Crippen molar-refractivity contribution in [3.8, 4) is 0 Å². The third-order valence-electron chi connectivity index (χ3n) is 1.96. The van der Waals surface area contributed by atoms with Gasteiger partial charge in [0.1, 0.15) is 0 Å². The Kier molecular flexibility index (Phi) is 4.06. The van der Waals surface area contributed by atoms with E-state index in [-0.39, 0.29) is 5.54 Å². The van der Waals surface area contributed by atoms with Crippen molar-refractivity contribution < 1.29 is 4.74 Å². The van der Waals surface area contributed by atoms with Gasteiger partial charge in [-0.2, -0.15) is 0 Å². The van der Waals surface area contributed by atoms with Crippen molar-refractivity contribution in [2.45, 2.75) is 25.8 Å². The molecule has 0 unspecified atom stereocenters. The van der Waals surface area contributed by atoms with Crippen LogP contribution in [0.2, 0.25) is 0 Å². The topological polar surface area (TPSA) is 33.6 Å². The molecular formula is C9H18N2OS. The van der Waals surface area contributed by atoms with E-state index >= 15 is 0 Å². The van der Waals surface area contributed by atoms with Crippen molar-refractivity contribution in [3.05, 3.63) is 0 Å². The Balaban J connectivity index is 2.37. The molecule has 4 heteroatoms.